The van der Waals surface area contributed by atoms with E-state index in [0.29, 0.717) is 4.83 Å². The van der Waals surface area contributed by atoms with Crippen LogP contribution in [0.3, 0.4) is 0 Å². The first-order valence-corrected chi connectivity index (χ1v) is 7.83. The third kappa shape index (κ3) is 2.64. The number of halogens is 1. The van der Waals surface area contributed by atoms with Gasteiger partial charge in [-0.2, -0.15) is 0 Å². The maximum absolute atomic E-state index is 3.86. The topological polar surface area (TPSA) is 0 Å². The molecule has 0 heterocycles. The lowest BCUT2D eigenvalue weighted by Crippen LogP contribution is -1.98. The van der Waals surface area contributed by atoms with Gasteiger partial charge in [-0.3, -0.25) is 0 Å². The van der Waals surface area contributed by atoms with E-state index in [-0.39, 0.29) is 0 Å². The molecule has 100 valence electrons. The molecule has 1 unspecified atom stereocenters. The van der Waals surface area contributed by atoms with Crippen LogP contribution in [0.1, 0.15) is 21.5 Å². The molecule has 0 aliphatic heterocycles. The Morgan fingerprint density at radius 3 is 2.40 bits per heavy atom. The van der Waals surface area contributed by atoms with Gasteiger partial charge in [-0.1, -0.05) is 82.7 Å². The highest BCUT2D eigenvalue weighted by molar-refractivity contribution is 9.09. The van der Waals surface area contributed by atoms with Crippen molar-refractivity contribution in [1.82, 2.24) is 0 Å². The van der Waals surface area contributed by atoms with E-state index < -0.39 is 0 Å². The summed E-state index contributed by atoms with van der Waals surface area (Å²) in [5.74, 6) is 0. The quantitative estimate of drug-likeness (QED) is 0.532. The van der Waals surface area contributed by atoms with Crippen LogP contribution in [-0.4, -0.2) is 0 Å². The van der Waals surface area contributed by atoms with Crippen LogP contribution in [0.2, 0.25) is 0 Å². The van der Waals surface area contributed by atoms with E-state index in [1.54, 1.807) is 0 Å². The van der Waals surface area contributed by atoms with Crippen molar-refractivity contribution in [2.24, 2.45) is 0 Å². The molecule has 3 aromatic carbocycles. The minimum absolute atomic E-state index is 0.356. The highest BCUT2D eigenvalue weighted by atomic mass is 79.9. The van der Waals surface area contributed by atoms with Gasteiger partial charge >= 0.3 is 0 Å². The van der Waals surface area contributed by atoms with Crippen LogP contribution in [0.15, 0.2) is 66.7 Å². The summed E-state index contributed by atoms with van der Waals surface area (Å²) in [5.41, 5.74) is 4.11. The first-order valence-electron chi connectivity index (χ1n) is 6.92. The van der Waals surface area contributed by atoms with Crippen LogP contribution >= 0.6 is 15.9 Å². The molecule has 0 N–H and O–H groups in total. The fraction of sp³-hybridized carbons (Fsp3) is 0.158. The summed E-state index contributed by atoms with van der Waals surface area (Å²) < 4.78 is 0. The van der Waals surface area contributed by atoms with Crippen molar-refractivity contribution in [2.45, 2.75) is 18.2 Å². The standard InChI is InChI=1S/C19H17Br/c1-14-7-2-4-11-17(14)19(20)13-16-10-6-9-15-8-3-5-12-18(15)16/h2-12,19H,13H2,1H3. The van der Waals surface area contributed by atoms with Gasteiger partial charge in [0.15, 0.2) is 0 Å². The van der Waals surface area contributed by atoms with Gasteiger partial charge in [0, 0.05) is 4.83 Å². The van der Waals surface area contributed by atoms with Crippen molar-refractivity contribution in [1.29, 1.82) is 0 Å². The van der Waals surface area contributed by atoms with Gasteiger partial charge in [0.25, 0.3) is 0 Å². The molecule has 0 fully saturated rings. The molecule has 0 spiro atoms. The summed E-state index contributed by atoms with van der Waals surface area (Å²) in [5, 5.41) is 2.67. The normalized spacial score (nSPS) is 12.5. The molecule has 1 heteroatoms. The molecule has 0 bridgehead atoms. The number of alkyl halides is 1. The Bertz CT molecular complexity index is 725. The monoisotopic (exact) mass is 324 g/mol. The molecule has 0 aromatic heterocycles. The zero-order chi connectivity index (χ0) is 13.9. The van der Waals surface area contributed by atoms with E-state index in [9.17, 15) is 0 Å². The van der Waals surface area contributed by atoms with Crippen LogP contribution in [0.25, 0.3) is 10.8 Å². The van der Waals surface area contributed by atoms with Gasteiger partial charge in [-0.15, -0.1) is 0 Å². The third-order valence-electron chi connectivity index (χ3n) is 3.80. The minimum Gasteiger partial charge on any atom is -0.0835 e. The van der Waals surface area contributed by atoms with Gasteiger partial charge in [-0.25, -0.2) is 0 Å². The van der Waals surface area contributed by atoms with Crippen molar-refractivity contribution in [3.8, 4) is 0 Å². The molecule has 0 aliphatic rings. The number of rotatable bonds is 3. The molecule has 0 radical (unpaired) electrons. The number of aryl methyl sites for hydroxylation is 1. The van der Waals surface area contributed by atoms with Gasteiger partial charge in [-0.05, 0) is 40.8 Å². The maximum Gasteiger partial charge on any atom is 0.0438 e. The lowest BCUT2D eigenvalue weighted by molar-refractivity contribution is 0.946. The number of hydrogen-bond donors (Lipinski definition) is 0. The Labute approximate surface area is 128 Å². The summed E-state index contributed by atoms with van der Waals surface area (Å²) >= 11 is 3.86. The second kappa shape index (κ2) is 5.80. The Morgan fingerprint density at radius 1 is 0.850 bits per heavy atom. The van der Waals surface area contributed by atoms with Crippen LogP contribution in [0.5, 0.6) is 0 Å². The molecule has 0 nitrogen and oxygen atoms in total. The Balaban J connectivity index is 1.96. The third-order valence-corrected chi connectivity index (χ3v) is 4.62. The van der Waals surface area contributed by atoms with Crippen LogP contribution in [0, 0.1) is 6.92 Å². The predicted octanol–water partition coefficient (Wildman–Crippen LogP) is 5.83. The van der Waals surface area contributed by atoms with Gasteiger partial charge in [0.05, 0.1) is 0 Å². The van der Waals surface area contributed by atoms with Gasteiger partial charge < -0.3 is 0 Å². The average molecular weight is 325 g/mol. The van der Waals surface area contributed by atoms with Gasteiger partial charge in [0.2, 0.25) is 0 Å². The van der Waals surface area contributed by atoms with E-state index in [4.69, 9.17) is 0 Å². The van der Waals surface area contributed by atoms with Crippen LogP contribution in [0.4, 0.5) is 0 Å². The summed E-state index contributed by atoms with van der Waals surface area (Å²) in [6, 6.07) is 23.7. The lowest BCUT2D eigenvalue weighted by Gasteiger charge is -2.14. The van der Waals surface area contributed by atoms with Crippen LogP contribution in [-0.2, 0) is 6.42 Å². The fourth-order valence-electron chi connectivity index (χ4n) is 2.71. The summed E-state index contributed by atoms with van der Waals surface area (Å²) in [6.07, 6.45) is 1.01. The summed E-state index contributed by atoms with van der Waals surface area (Å²) in [6.45, 7) is 2.17. The molecule has 3 aromatic rings. The zero-order valence-electron chi connectivity index (χ0n) is 11.5. The highest BCUT2D eigenvalue weighted by Crippen LogP contribution is 2.31. The average Bonchev–Trinajstić information content (AvgIpc) is 2.48. The molecule has 20 heavy (non-hydrogen) atoms. The molecule has 0 amide bonds. The largest absolute Gasteiger partial charge is 0.0835 e. The molecule has 0 aliphatic carbocycles. The predicted molar refractivity (Wildman–Crippen MR) is 90.5 cm³/mol. The molecule has 0 saturated carbocycles. The summed E-state index contributed by atoms with van der Waals surface area (Å²) in [4.78, 5) is 0.356. The second-order valence-electron chi connectivity index (χ2n) is 5.17. The molecule has 1 atom stereocenters. The first-order chi connectivity index (χ1) is 9.75. The summed E-state index contributed by atoms with van der Waals surface area (Å²) in [7, 11) is 0. The van der Waals surface area contributed by atoms with Crippen molar-refractivity contribution < 1.29 is 0 Å². The van der Waals surface area contributed by atoms with Crippen molar-refractivity contribution in [2.75, 3.05) is 0 Å². The van der Waals surface area contributed by atoms with E-state index in [1.165, 1.54) is 27.5 Å². The number of hydrogen-bond acceptors (Lipinski definition) is 0. The van der Waals surface area contributed by atoms with Gasteiger partial charge in [0.1, 0.15) is 0 Å². The van der Waals surface area contributed by atoms with Crippen molar-refractivity contribution in [3.05, 3.63) is 83.4 Å². The van der Waals surface area contributed by atoms with Crippen LogP contribution < -0.4 is 0 Å². The van der Waals surface area contributed by atoms with E-state index in [1.807, 2.05) is 0 Å². The Kier molecular flexibility index (Phi) is 3.88. The fourth-order valence-corrected chi connectivity index (χ4v) is 3.57. The zero-order valence-corrected chi connectivity index (χ0v) is 13.1. The Morgan fingerprint density at radius 2 is 1.55 bits per heavy atom. The van der Waals surface area contributed by atoms with Crippen molar-refractivity contribution in [3.63, 3.8) is 0 Å². The lowest BCUT2D eigenvalue weighted by atomic mass is 9.97. The Hall–Kier alpha value is -1.60. The molecule has 0 saturated heterocycles. The van der Waals surface area contributed by atoms with Crippen molar-refractivity contribution >= 4 is 26.7 Å². The second-order valence-corrected chi connectivity index (χ2v) is 6.27. The highest BCUT2D eigenvalue weighted by Gasteiger charge is 2.12. The molecular formula is C19H17Br. The maximum atomic E-state index is 3.86. The number of fused-ring (bicyclic) bond motifs is 1. The first kappa shape index (κ1) is 13.4. The van der Waals surface area contributed by atoms with E-state index >= 15 is 0 Å². The SMILES string of the molecule is Cc1ccccc1C(Br)Cc1cccc2ccccc12. The minimum atomic E-state index is 0.356. The molecule has 3 rings (SSSR count). The van der Waals surface area contributed by atoms with E-state index in [2.05, 4.69) is 89.6 Å². The smallest absolute Gasteiger partial charge is 0.0438 e. The number of benzene rings is 3. The molecular weight excluding hydrogens is 308 g/mol. The van der Waals surface area contributed by atoms with E-state index in [0.717, 1.165) is 6.42 Å².